The lowest BCUT2D eigenvalue weighted by Gasteiger charge is -2.34. The summed E-state index contributed by atoms with van der Waals surface area (Å²) >= 11 is 2.76. The number of fused-ring (bicyclic) bond motifs is 1. The summed E-state index contributed by atoms with van der Waals surface area (Å²) < 4.78 is 11.6. The van der Waals surface area contributed by atoms with Crippen LogP contribution < -0.4 is 20.1 Å². The van der Waals surface area contributed by atoms with Crippen LogP contribution >= 0.6 is 23.1 Å². The number of anilines is 2. The minimum absolute atomic E-state index is 0.0661. The third-order valence-electron chi connectivity index (χ3n) is 6.22. The number of ether oxygens (including phenoxy) is 2. The average Bonchev–Trinajstić information content (AvgIpc) is 3.57. The number of amides is 3. The molecule has 1 fully saturated rings. The minimum atomic E-state index is -0.175. The van der Waals surface area contributed by atoms with Crippen molar-refractivity contribution in [1.29, 1.82) is 0 Å². The zero-order valence-corrected chi connectivity index (χ0v) is 23.1. The molecule has 2 N–H and O–H groups in total. The third-order valence-corrected chi connectivity index (χ3v) is 8.29. The number of thioether (sulfide) groups is 1. The lowest BCUT2D eigenvalue weighted by molar-refractivity contribution is -0.132. The van der Waals surface area contributed by atoms with Gasteiger partial charge in [-0.25, -0.2) is 4.98 Å². The van der Waals surface area contributed by atoms with Crippen LogP contribution in [-0.2, 0) is 27.3 Å². The van der Waals surface area contributed by atoms with Gasteiger partial charge in [0.15, 0.2) is 15.8 Å². The molecule has 0 spiro atoms. The maximum absolute atomic E-state index is 12.9. The Morgan fingerprint density at radius 3 is 2.56 bits per heavy atom. The first-order valence-corrected chi connectivity index (χ1v) is 14.4. The standard InChI is InChI=1S/C27H29N5O5S2/c1-18(33)28-20-3-2-4-21(12-20)29-25(34)16-39-27-30-22(15-38-27)13-26(35)32-9-7-31(8-10-32)14-19-5-6-23-24(11-19)37-17-36-23/h2-6,11-12,15H,7-10,13-14,16-17H2,1H3,(H,28,33)(H,29,34). The molecule has 1 saturated heterocycles. The quantitative estimate of drug-likeness (QED) is 0.378. The van der Waals surface area contributed by atoms with Gasteiger partial charge in [0.2, 0.25) is 24.5 Å². The molecule has 2 aliphatic heterocycles. The van der Waals surface area contributed by atoms with E-state index in [9.17, 15) is 14.4 Å². The maximum atomic E-state index is 12.9. The van der Waals surface area contributed by atoms with E-state index in [1.165, 1.54) is 35.6 Å². The topological polar surface area (TPSA) is 113 Å². The van der Waals surface area contributed by atoms with Crippen LogP contribution in [0.5, 0.6) is 11.5 Å². The highest BCUT2D eigenvalue weighted by molar-refractivity contribution is 8.01. The van der Waals surface area contributed by atoms with E-state index in [-0.39, 0.29) is 36.7 Å². The molecule has 3 amide bonds. The van der Waals surface area contributed by atoms with Gasteiger partial charge in [0.25, 0.3) is 0 Å². The van der Waals surface area contributed by atoms with Crippen LogP contribution in [0.4, 0.5) is 11.4 Å². The highest BCUT2D eigenvalue weighted by Gasteiger charge is 2.23. The van der Waals surface area contributed by atoms with Crippen molar-refractivity contribution in [2.75, 3.05) is 49.4 Å². The third kappa shape index (κ3) is 7.49. The number of aromatic nitrogens is 1. The number of hydrogen-bond acceptors (Lipinski definition) is 9. The summed E-state index contributed by atoms with van der Waals surface area (Å²) in [7, 11) is 0. The van der Waals surface area contributed by atoms with Gasteiger partial charge in [-0.2, -0.15) is 0 Å². The van der Waals surface area contributed by atoms with Gasteiger partial charge in [0.05, 0.1) is 17.9 Å². The summed E-state index contributed by atoms with van der Waals surface area (Å²) in [5, 5.41) is 7.40. The molecule has 0 atom stereocenters. The number of benzene rings is 2. The van der Waals surface area contributed by atoms with Gasteiger partial charge in [-0.05, 0) is 35.9 Å². The van der Waals surface area contributed by atoms with E-state index in [1.807, 2.05) is 22.4 Å². The number of nitrogens with one attached hydrogen (secondary N) is 2. The summed E-state index contributed by atoms with van der Waals surface area (Å²) in [6.07, 6.45) is 0.251. The molecule has 0 saturated carbocycles. The number of thiazole rings is 1. The average molecular weight is 568 g/mol. The molecule has 204 valence electrons. The fourth-order valence-electron chi connectivity index (χ4n) is 4.36. The highest BCUT2D eigenvalue weighted by atomic mass is 32.2. The number of nitrogens with zero attached hydrogens (tertiary/aromatic N) is 3. The van der Waals surface area contributed by atoms with Crippen molar-refractivity contribution in [3.8, 4) is 11.5 Å². The van der Waals surface area contributed by atoms with E-state index in [1.54, 1.807) is 24.3 Å². The van der Waals surface area contributed by atoms with E-state index < -0.39 is 0 Å². The first-order valence-electron chi connectivity index (χ1n) is 12.5. The maximum Gasteiger partial charge on any atom is 0.234 e. The summed E-state index contributed by atoms with van der Waals surface area (Å²) in [5.74, 6) is 1.48. The molecule has 3 aromatic rings. The monoisotopic (exact) mass is 567 g/mol. The van der Waals surface area contributed by atoms with E-state index in [2.05, 4.69) is 26.6 Å². The molecule has 12 heteroatoms. The van der Waals surface area contributed by atoms with Crippen LogP contribution in [0.15, 0.2) is 52.2 Å². The number of carbonyl (C=O) groups excluding carboxylic acids is 3. The molecule has 0 unspecified atom stereocenters. The summed E-state index contributed by atoms with van der Waals surface area (Å²) in [5.41, 5.74) is 3.11. The lowest BCUT2D eigenvalue weighted by Crippen LogP contribution is -2.48. The molecular formula is C27H29N5O5S2. The molecule has 10 nitrogen and oxygen atoms in total. The second-order valence-electron chi connectivity index (χ2n) is 9.22. The number of rotatable bonds is 9. The number of carbonyl (C=O) groups is 3. The lowest BCUT2D eigenvalue weighted by atomic mass is 10.1. The smallest absolute Gasteiger partial charge is 0.234 e. The summed E-state index contributed by atoms with van der Waals surface area (Å²) in [4.78, 5) is 45.3. The van der Waals surface area contributed by atoms with Crippen molar-refractivity contribution in [3.05, 3.63) is 59.1 Å². The first kappa shape index (κ1) is 27.0. The minimum Gasteiger partial charge on any atom is -0.454 e. The van der Waals surface area contributed by atoms with Crippen molar-refractivity contribution in [1.82, 2.24) is 14.8 Å². The molecule has 3 heterocycles. The van der Waals surface area contributed by atoms with Crippen molar-refractivity contribution >= 4 is 52.2 Å². The summed E-state index contributed by atoms with van der Waals surface area (Å²) in [6.45, 7) is 5.48. The van der Waals surface area contributed by atoms with Crippen molar-refractivity contribution in [2.24, 2.45) is 0 Å². The Hall–Kier alpha value is -3.61. The Morgan fingerprint density at radius 1 is 1.00 bits per heavy atom. The molecule has 0 aliphatic carbocycles. The number of piperazine rings is 1. The van der Waals surface area contributed by atoms with Gasteiger partial charge in [-0.1, -0.05) is 23.9 Å². The SMILES string of the molecule is CC(=O)Nc1cccc(NC(=O)CSc2nc(CC(=O)N3CCN(Cc4ccc5c(c4)OCO5)CC3)cs2)c1. The Morgan fingerprint density at radius 2 is 1.77 bits per heavy atom. The Balaban J connectivity index is 1.03. The Labute approximate surface area is 234 Å². The molecule has 5 rings (SSSR count). The van der Waals surface area contributed by atoms with Crippen molar-refractivity contribution in [3.63, 3.8) is 0 Å². The van der Waals surface area contributed by atoms with Crippen LogP contribution in [0.1, 0.15) is 18.2 Å². The van der Waals surface area contributed by atoms with Crippen LogP contribution in [0.25, 0.3) is 0 Å². The van der Waals surface area contributed by atoms with Crippen LogP contribution in [0.3, 0.4) is 0 Å². The molecular weight excluding hydrogens is 538 g/mol. The fourth-order valence-corrected chi connectivity index (χ4v) is 6.00. The zero-order chi connectivity index (χ0) is 27.2. The van der Waals surface area contributed by atoms with Gasteiger partial charge in [0.1, 0.15) is 0 Å². The molecule has 39 heavy (non-hydrogen) atoms. The zero-order valence-electron chi connectivity index (χ0n) is 21.5. The molecule has 1 aromatic heterocycles. The predicted molar refractivity (Wildman–Crippen MR) is 150 cm³/mol. The number of hydrogen-bond donors (Lipinski definition) is 2. The largest absolute Gasteiger partial charge is 0.454 e. The van der Waals surface area contributed by atoms with Gasteiger partial charge >= 0.3 is 0 Å². The molecule has 0 bridgehead atoms. The van der Waals surface area contributed by atoms with E-state index in [4.69, 9.17) is 9.47 Å². The molecule has 2 aliphatic rings. The van der Waals surface area contributed by atoms with Crippen molar-refractivity contribution < 1.29 is 23.9 Å². The van der Waals surface area contributed by atoms with Crippen LogP contribution in [0, 0.1) is 0 Å². The Bertz CT molecular complexity index is 1360. The van der Waals surface area contributed by atoms with Crippen LogP contribution in [0.2, 0.25) is 0 Å². The normalized spacial score (nSPS) is 14.7. The molecule has 0 radical (unpaired) electrons. The highest BCUT2D eigenvalue weighted by Crippen LogP contribution is 2.33. The van der Waals surface area contributed by atoms with Crippen LogP contribution in [-0.4, -0.2) is 71.2 Å². The van der Waals surface area contributed by atoms with Gasteiger partial charge in [-0.3, -0.25) is 19.3 Å². The predicted octanol–water partition coefficient (Wildman–Crippen LogP) is 3.45. The molecule has 2 aromatic carbocycles. The second kappa shape index (κ2) is 12.5. The first-order chi connectivity index (χ1) is 18.9. The van der Waals surface area contributed by atoms with E-state index in [0.29, 0.717) is 24.5 Å². The van der Waals surface area contributed by atoms with Crippen molar-refractivity contribution in [2.45, 2.75) is 24.2 Å². The van der Waals surface area contributed by atoms with Gasteiger partial charge in [-0.15, -0.1) is 11.3 Å². The van der Waals surface area contributed by atoms with Gasteiger partial charge in [0, 0.05) is 56.4 Å². The fraction of sp³-hybridized carbons (Fsp3) is 0.333. The van der Waals surface area contributed by atoms with Gasteiger partial charge < -0.3 is 25.0 Å². The van der Waals surface area contributed by atoms with E-state index >= 15 is 0 Å². The second-order valence-corrected chi connectivity index (χ2v) is 11.3. The van der Waals surface area contributed by atoms with E-state index in [0.717, 1.165) is 41.2 Å². The summed E-state index contributed by atoms with van der Waals surface area (Å²) in [6, 6.07) is 13.0. The Kier molecular flexibility index (Phi) is 8.64.